The molecule has 0 bridgehead atoms. The molecule has 2 heteroatoms. The molecule has 1 N–H and O–H groups in total. The fraction of sp³-hybridized carbons (Fsp3) is 0.231. The lowest BCUT2D eigenvalue weighted by Crippen LogP contribution is -2.01. The molecule has 1 nitrogen and oxygen atoms in total. The first kappa shape index (κ1) is 10.4. The number of hydrogen-bond donors (Lipinski definition) is 1. The van der Waals surface area contributed by atoms with E-state index in [4.69, 9.17) is 0 Å². The van der Waals surface area contributed by atoms with Crippen LogP contribution in [0.2, 0.25) is 0 Å². The minimum absolute atomic E-state index is 0.471. The zero-order valence-electron chi connectivity index (χ0n) is 8.68. The van der Waals surface area contributed by atoms with Crippen LogP contribution >= 0.6 is 11.3 Å². The Bertz CT molecular complexity index is 420. The Kier molecular flexibility index (Phi) is 3.19. The first-order chi connectivity index (χ1) is 7.33. The van der Waals surface area contributed by atoms with Crippen molar-refractivity contribution in [1.29, 1.82) is 0 Å². The van der Waals surface area contributed by atoms with Crippen LogP contribution in [-0.2, 0) is 6.42 Å². The smallest absolute Gasteiger partial charge is 0.113 e. The molecule has 0 aliphatic heterocycles. The van der Waals surface area contributed by atoms with Crippen molar-refractivity contribution in [2.75, 3.05) is 0 Å². The van der Waals surface area contributed by atoms with E-state index in [0.29, 0.717) is 0 Å². The number of hydrogen-bond acceptors (Lipinski definition) is 2. The Morgan fingerprint density at radius 1 is 1.20 bits per heavy atom. The molecule has 15 heavy (non-hydrogen) atoms. The molecule has 0 fully saturated rings. The largest absolute Gasteiger partial charge is 0.383 e. The highest BCUT2D eigenvalue weighted by atomic mass is 32.1. The normalized spacial score (nSPS) is 12.7. The van der Waals surface area contributed by atoms with Gasteiger partial charge < -0.3 is 5.11 Å². The Hall–Kier alpha value is -1.12. The predicted octanol–water partition coefficient (Wildman–Crippen LogP) is 3.39. The van der Waals surface area contributed by atoms with Crippen LogP contribution in [0.4, 0.5) is 0 Å². The second-order valence-corrected chi connectivity index (χ2v) is 4.45. The van der Waals surface area contributed by atoms with Crippen LogP contribution in [0, 0.1) is 0 Å². The van der Waals surface area contributed by atoms with Gasteiger partial charge in [0.25, 0.3) is 0 Å². The van der Waals surface area contributed by atoms with Gasteiger partial charge in [0.1, 0.15) is 6.10 Å². The van der Waals surface area contributed by atoms with Gasteiger partial charge in [0, 0.05) is 4.88 Å². The lowest BCUT2D eigenvalue weighted by molar-refractivity contribution is 0.223. The van der Waals surface area contributed by atoms with E-state index in [9.17, 15) is 5.11 Å². The number of benzene rings is 1. The van der Waals surface area contributed by atoms with Crippen LogP contribution in [0.15, 0.2) is 41.8 Å². The van der Waals surface area contributed by atoms with Crippen molar-refractivity contribution in [2.45, 2.75) is 19.4 Å². The number of aliphatic hydroxyl groups is 1. The SMILES string of the molecule is CCc1ccccc1C(O)c1cccs1. The second kappa shape index (κ2) is 4.60. The Labute approximate surface area is 94.0 Å². The average Bonchev–Trinajstić information content (AvgIpc) is 2.81. The van der Waals surface area contributed by atoms with E-state index < -0.39 is 6.10 Å². The maximum atomic E-state index is 10.2. The summed E-state index contributed by atoms with van der Waals surface area (Å²) in [6, 6.07) is 12.0. The Morgan fingerprint density at radius 3 is 2.67 bits per heavy atom. The molecule has 0 saturated carbocycles. The summed E-state index contributed by atoms with van der Waals surface area (Å²) in [5, 5.41) is 12.2. The monoisotopic (exact) mass is 218 g/mol. The molecule has 2 rings (SSSR count). The van der Waals surface area contributed by atoms with Crippen LogP contribution in [0.1, 0.15) is 29.0 Å². The fourth-order valence-electron chi connectivity index (χ4n) is 1.72. The molecular weight excluding hydrogens is 204 g/mol. The molecule has 1 unspecified atom stereocenters. The van der Waals surface area contributed by atoms with Gasteiger partial charge in [0.05, 0.1) is 0 Å². The third-order valence-electron chi connectivity index (χ3n) is 2.54. The summed E-state index contributed by atoms with van der Waals surface area (Å²) in [5.41, 5.74) is 2.25. The molecule has 0 aliphatic carbocycles. The third-order valence-corrected chi connectivity index (χ3v) is 3.47. The van der Waals surface area contributed by atoms with E-state index in [1.54, 1.807) is 11.3 Å². The van der Waals surface area contributed by atoms with E-state index in [-0.39, 0.29) is 0 Å². The molecule has 0 aliphatic rings. The van der Waals surface area contributed by atoms with Crippen LogP contribution in [0.25, 0.3) is 0 Å². The molecule has 1 aromatic heterocycles. The zero-order chi connectivity index (χ0) is 10.7. The number of rotatable bonds is 3. The van der Waals surface area contributed by atoms with Gasteiger partial charge in [-0.1, -0.05) is 37.3 Å². The van der Waals surface area contributed by atoms with E-state index in [0.717, 1.165) is 16.9 Å². The highest BCUT2D eigenvalue weighted by molar-refractivity contribution is 7.10. The van der Waals surface area contributed by atoms with Crippen molar-refractivity contribution >= 4 is 11.3 Å². The summed E-state index contributed by atoms with van der Waals surface area (Å²) in [5.74, 6) is 0. The van der Waals surface area contributed by atoms with Gasteiger partial charge in [-0.15, -0.1) is 11.3 Å². The van der Waals surface area contributed by atoms with Crippen LogP contribution in [-0.4, -0.2) is 5.11 Å². The minimum Gasteiger partial charge on any atom is -0.383 e. The van der Waals surface area contributed by atoms with E-state index in [1.807, 2.05) is 35.7 Å². The minimum atomic E-state index is -0.471. The standard InChI is InChI=1S/C13H14OS/c1-2-10-6-3-4-7-11(10)13(14)12-8-5-9-15-12/h3-9,13-14H,2H2,1H3. The van der Waals surface area contributed by atoms with Gasteiger partial charge >= 0.3 is 0 Å². The van der Waals surface area contributed by atoms with Crippen LogP contribution < -0.4 is 0 Å². The fourth-order valence-corrected chi connectivity index (χ4v) is 2.45. The molecule has 1 heterocycles. The predicted molar refractivity (Wildman–Crippen MR) is 64.2 cm³/mol. The van der Waals surface area contributed by atoms with Gasteiger partial charge in [-0.25, -0.2) is 0 Å². The molecule has 0 spiro atoms. The summed E-state index contributed by atoms with van der Waals surface area (Å²) in [7, 11) is 0. The maximum Gasteiger partial charge on any atom is 0.113 e. The van der Waals surface area contributed by atoms with Gasteiger partial charge in [-0.2, -0.15) is 0 Å². The van der Waals surface area contributed by atoms with E-state index in [2.05, 4.69) is 13.0 Å². The van der Waals surface area contributed by atoms with Crippen molar-refractivity contribution in [3.8, 4) is 0 Å². The van der Waals surface area contributed by atoms with Gasteiger partial charge in [-0.3, -0.25) is 0 Å². The first-order valence-corrected chi connectivity index (χ1v) is 6.00. The number of aryl methyl sites for hydroxylation is 1. The molecule has 78 valence electrons. The van der Waals surface area contributed by atoms with Gasteiger partial charge in [-0.05, 0) is 29.0 Å². The zero-order valence-corrected chi connectivity index (χ0v) is 9.50. The molecule has 1 atom stereocenters. The third kappa shape index (κ3) is 2.11. The van der Waals surface area contributed by atoms with Crippen molar-refractivity contribution in [3.63, 3.8) is 0 Å². The van der Waals surface area contributed by atoms with E-state index >= 15 is 0 Å². The molecule has 2 aromatic rings. The van der Waals surface area contributed by atoms with Crippen molar-refractivity contribution < 1.29 is 5.11 Å². The topological polar surface area (TPSA) is 20.2 Å². The van der Waals surface area contributed by atoms with Crippen molar-refractivity contribution in [2.24, 2.45) is 0 Å². The number of thiophene rings is 1. The second-order valence-electron chi connectivity index (χ2n) is 3.47. The van der Waals surface area contributed by atoms with Crippen molar-refractivity contribution in [1.82, 2.24) is 0 Å². The lowest BCUT2D eigenvalue weighted by atomic mass is 10.00. The van der Waals surface area contributed by atoms with Crippen LogP contribution in [0.5, 0.6) is 0 Å². The molecule has 1 aromatic carbocycles. The molecular formula is C13H14OS. The van der Waals surface area contributed by atoms with E-state index in [1.165, 1.54) is 5.56 Å². The average molecular weight is 218 g/mol. The summed E-state index contributed by atoms with van der Waals surface area (Å²) in [6.45, 7) is 2.11. The number of aliphatic hydroxyl groups excluding tert-OH is 1. The summed E-state index contributed by atoms with van der Waals surface area (Å²) in [4.78, 5) is 1.01. The Morgan fingerprint density at radius 2 is 2.00 bits per heavy atom. The van der Waals surface area contributed by atoms with Gasteiger partial charge in [0.15, 0.2) is 0 Å². The van der Waals surface area contributed by atoms with Gasteiger partial charge in [0.2, 0.25) is 0 Å². The quantitative estimate of drug-likeness (QED) is 0.837. The van der Waals surface area contributed by atoms with Crippen LogP contribution in [0.3, 0.4) is 0 Å². The highest BCUT2D eigenvalue weighted by Crippen LogP contribution is 2.28. The summed E-state index contributed by atoms with van der Waals surface area (Å²) >= 11 is 1.60. The molecule has 0 amide bonds. The summed E-state index contributed by atoms with van der Waals surface area (Å²) in [6.07, 6.45) is 0.486. The molecule has 0 saturated heterocycles. The lowest BCUT2D eigenvalue weighted by Gasteiger charge is -2.13. The Balaban J connectivity index is 2.37. The highest BCUT2D eigenvalue weighted by Gasteiger charge is 2.13. The van der Waals surface area contributed by atoms with Crippen molar-refractivity contribution in [3.05, 3.63) is 57.8 Å². The molecule has 0 radical (unpaired) electrons. The first-order valence-electron chi connectivity index (χ1n) is 5.12. The maximum absolute atomic E-state index is 10.2. The summed E-state index contributed by atoms with van der Waals surface area (Å²) < 4.78 is 0.